The van der Waals surface area contributed by atoms with E-state index in [1.54, 1.807) is 0 Å². The minimum absolute atomic E-state index is 0.0924. The molecule has 3 nitrogen and oxygen atoms in total. The van der Waals surface area contributed by atoms with E-state index < -0.39 is 0 Å². The summed E-state index contributed by atoms with van der Waals surface area (Å²) in [4.78, 5) is 3.46. The lowest BCUT2D eigenvalue weighted by molar-refractivity contribution is 0.281. The zero-order chi connectivity index (χ0) is 16.2. The predicted molar refractivity (Wildman–Crippen MR) is 95.5 cm³/mol. The molecule has 0 aliphatic carbocycles. The fourth-order valence-corrected chi connectivity index (χ4v) is 3.15. The fourth-order valence-electron chi connectivity index (χ4n) is 3.15. The molecule has 1 atom stereocenters. The Labute approximate surface area is 137 Å². The third kappa shape index (κ3) is 3.46. The van der Waals surface area contributed by atoms with E-state index in [0.717, 1.165) is 18.5 Å². The Morgan fingerprint density at radius 3 is 2.78 bits per heavy atom. The van der Waals surface area contributed by atoms with Crippen LogP contribution in [0.25, 0.3) is 10.9 Å². The van der Waals surface area contributed by atoms with Crippen LogP contribution in [0.3, 0.4) is 0 Å². The average Bonchev–Trinajstić information content (AvgIpc) is 2.90. The first-order chi connectivity index (χ1) is 11.2. The van der Waals surface area contributed by atoms with E-state index in [2.05, 4.69) is 60.5 Å². The van der Waals surface area contributed by atoms with Crippen LogP contribution in [0.5, 0.6) is 0 Å². The summed E-state index contributed by atoms with van der Waals surface area (Å²) in [5.41, 5.74) is 6.03. The van der Waals surface area contributed by atoms with E-state index in [4.69, 9.17) is 0 Å². The molecule has 3 rings (SSSR count). The average molecular weight is 308 g/mol. The summed E-state index contributed by atoms with van der Waals surface area (Å²) in [5, 5.41) is 14.2. The van der Waals surface area contributed by atoms with Gasteiger partial charge in [0.05, 0.1) is 6.61 Å². The van der Waals surface area contributed by atoms with Gasteiger partial charge in [-0.05, 0) is 49.6 Å². The van der Waals surface area contributed by atoms with Gasteiger partial charge < -0.3 is 15.4 Å². The smallest absolute Gasteiger partial charge is 0.0681 e. The molecule has 0 amide bonds. The van der Waals surface area contributed by atoms with Gasteiger partial charge in [-0.2, -0.15) is 0 Å². The molecule has 1 unspecified atom stereocenters. The van der Waals surface area contributed by atoms with Gasteiger partial charge in [0.15, 0.2) is 0 Å². The van der Waals surface area contributed by atoms with Gasteiger partial charge in [0.2, 0.25) is 0 Å². The molecule has 3 heteroatoms. The maximum absolute atomic E-state index is 9.25. The molecule has 0 aliphatic rings. The molecule has 1 heterocycles. The van der Waals surface area contributed by atoms with Crippen molar-refractivity contribution in [1.29, 1.82) is 0 Å². The second-order valence-electron chi connectivity index (χ2n) is 6.10. The van der Waals surface area contributed by atoms with Gasteiger partial charge in [-0.15, -0.1) is 0 Å². The lowest BCUT2D eigenvalue weighted by Gasteiger charge is -2.15. The molecule has 0 aliphatic heterocycles. The first-order valence-corrected chi connectivity index (χ1v) is 8.18. The van der Waals surface area contributed by atoms with Crippen molar-refractivity contribution < 1.29 is 5.11 Å². The lowest BCUT2D eigenvalue weighted by atomic mass is 10.0. The van der Waals surface area contributed by atoms with Crippen LogP contribution < -0.4 is 5.32 Å². The molecule has 0 saturated carbocycles. The topological polar surface area (TPSA) is 48.0 Å². The highest BCUT2D eigenvalue weighted by Crippen LogP contribution is 2.22. The Morgan fingerprint density at radius 2 is 1.96 bits per heavy atom. The molecule has 3 N–H and O–H groups in total. The number of H-pyrrole nitrogens is 1. The molecule has 120 valence electrons. The molecular weight excluding hydrogens is 284 g/mol. The van der Waals surface area contributed by atoms with Crippen molar-refractivity contribution in [2.45, 2.75) is 32.9 Å². The molecule has 0 fully saturated rings. The van der Waals surface area contributed by atoms with E-state index in [1.165, 1.54) is 27.7 Å². The number of hydrogen-bond acceptors (Lipinski definition) is 2. The summed E-state index contributed by atoms with van der Waals surface area (Å²) in [6.07, 6.45) is 1.000. The summed E-state index contributed by atoms with van der Waals surface area (Å²) >= 11 is 0. The Morgan fingerprint density at radius 1 is 1.13 bits per heavy atom. The molecule has 2 aromatic carbocycles. The van der Waals surface area contributed by atoms with Crippen molar-refractivity contribution in [3.63, 3.8) is 0 Å². The number of aromatic nitrogens is 1. The molecule has 1 aromatic heterocycles. The number of benzene rings is 2. The zero-order valence-corrected chi connectivity index (χ0v) is 13.8. The van der Waals surface area contributed by atoms with Crippen molar-refractivity contribution >= 4 is 10.9 Å². The summed E-state index contributed by atoms with van der Waals surface area (Å²) in [6.45, 7) is 5.32. The Hall–Kier alpha value is -2.10. The number of aliphatic hydroxyl groups is 1. The molecule has 0 bridgehead atoms. The summed E-state index contributed by atoms with van der Waals surface area (Å²) in [7, 11) is 0. The summed E-state index contributed by atoms with van der Waals surface area (Å²) < 4.78 is 0. The minimum atomic E-state index is 0.0924. The van der Waals surface area contributed by atoms with Gasteiger partial charge >= 0.3 is 0 Å². The van der Waals surface area contributed by atoms with Crippen molar-refractivity contribution in [3.05, 3.63) is 70.9 Å². The number of rotatable bonds is 6. The number of para-hydroxylation sites is 1. The van der Waals surface area contributed by atoms with Gasteiger partial charge in [0.1, 0.15) is 0 Å². The standard InChI is InChI=1S/C20H24N2O/c1-14(17-7-5-6-16(12-17)13-23)21-11-10-18-15(2)22-20-9-4-3-8-19(18)20/h3-9,12,14,21-23H,10-11,13H2,1-2H3. The number of aromatic amines is 1. The minimum Gasteiger partial charge on any atom is -0.392 e. The van der Waals surface area contributed by atoms with Crippen molar-refractivity contribution in [1.82, 2.24) is 10.3 Å². The first kappa shape index (κ1) is 15.8. The molecular formula is C20H24N2O. The molecule has 3 aromatic rings. The fraction of sp³-hybridized carbons (Fsp3) is 0.300. The maximum atomic E-state index is 9.25. The van der Waals surface area contributed by atoms with Crippen LogP contribution in [0, 0.1) is 6.92 Å². The van der Waals surface area contributed by atoms with Crippen molar-refractivity contribution in [2.24, 2.45) is 0 Å². The number of fused-ring (bicyclic) bond motifs is 1. The third-order valence-corrected chi connectivity index (χ3v) is 4.49. The normalized spacial score (nSPS) is 12.7. The van der Waals surface area contributed by atoms with E-state index in [0.29, 0.717) is 0 Å². The number of hydrogen-bond donors (Lipinski definition) is 3. The third-order valence-electron chi connectivity index (χ3n) is 4.49. The highest BCUT2D eigenvalue weighted by Gasteiger charge is 2.09. The van der Waals surface area contributed by atoms with E-state index in [1.807, 2.05) is 12.1 Å². The zero-order valence-electron chi connectivity index (χ0n) is 13.8. The van der Waals surface area contributed by atoms with E-state index in [-0.39, 0.29) is 12.6 Å². The number of nitrogens with one attached hydrogen (secondary N) is 2. The van der Waals surface area contributed by atoms with Gasteiger partial charge in [0, 0.05) is 22.6 Å². The van der Waals surface area contributed by atoms with Crippen LogP contribution >= 0.6 is 0 Å². The van der Waals surface area contributed by atoms with E-state index in [9.17, 15) is 5.11 Å². The second-order valence-corrected chi connectivity index (χ2v) is 6.10. The summed E-state index contributed by atoms with van der Waals surface area (Å²) in [6, 6.07) is 16.9. The molecule has 23 heavy (non-hydrogen) atoms. The predicted octanol–water partition coefficient (Wildman–Crippen LogP) is 3.86. The largest absolute Gasteiger partial charge is 0.392 e. The quantitative estimate of drug-likeness (QED) is 0.647. The molecule has 0 radical (unpaired) electrons. The van der Waals surface area contributed by atoms with Crippen LogP contribution in [0.2, 0.25) is 0 Å². The Bertz CT molecular complexity index is 791. The van der Waals surface area contributed by atoms with Crippen LogP contribution in [-0.2, 0) is 13.0 Å². The SMILES string of the molecule is Cc1[nH]c2ccccc2c1CCNC(C)c1cccc(CO)c1. The lowest BCUT2D eigenvalue weighted by Crippen LogP contribution is -2.21. The van der Waals surface area contributed by atoms with Crippen molar-refractivity contribution in [3.8, 4) is 0 Å². The van der Waals surface area contributed by atoms with Crippen LogP contribution in [0.15, 0.2) is 48.5 Å². The highest BCUT2D eigenvalue weighted by molar-refractivity contribution is 5.84. The van der Waals surface area contributed by atoms with Gasteiger partial charge in [-0.1, -0.05) is 42.5 Å². The van der Waals surface area contributed by atoms with Gasteiger partial charge in [0.25, 0.3) is 0 Å². The van der Waals surface area contributed by atoms with Gasteiger partial charge in [-0.3, -0.25) is 0 Å². The number of aliphatic hydroxyl groups excluding tert-OH is 1. The Kier molecular flexibility index (Phi) is 4.79. The van der Waals surface area contributed by atoms with Crippen molar-refractivity contribution in [2.75, 3.05) is 6.54 Å². The second kappa shape index (κ2) is 6.99. The molecule has 0 spiro atoms. The van der Waals surface area contributed by atoms with Gasteiger partial charge in [-0.25, -0.2) is 0 Å². The monoisotopic (exact) mass is 308 g/mol. The first-order valence-electron chi connectivity index (χ1n) is 8.18. The van der Waals surface area contributed by atoms with Crippen LogP contribution in [0.1, 0.15) is 35.3 Å². The van der Waals surface area contributed by atoms with E-state index >= 15 is 0 Å². The highest BCUT2D eigenvalue weighted by atomic mass is 16.3. The maximum Gasteiger partial charge on any atom is 0.0681 e. The summed E-state index contributed by atoms with van der Waals surface area (Å²) in [5.74, 6) is 0. The van der Waals surface area contributed by atoms with Crippen LogP contribution in [0.4, 0.5) is 0 Å². The number of aryl methyl sites for hydroxylation is 1. The van der Waals surface area contributed by atoms with Crippen LogP contribution in [-0.4, -0.2) is 16.6 Å². The molecule has 0 saturated heterocycles. The Balaban J connectivity index is 1.65.